The fourth-order valence-electron chi connectivity index (χ4n) is 2.59. The van der Waals surface area contributed by atoms with Gasteiger partial charge in [-0.05, 0) is 44.5 Å². The smallest absolute Gasteiger partial charge is 0.375 e. The largest absolute Gasteiger partial charge is 0.494 e. The van der Waals surface area contributed by atoms with E-state index in [4.69, 9.17) is 18.5 Å². The molecule has 0 saturated carbocycles. The van der Waals surface area contributed by atoms with Gasteiger partial charge in [0.15, 0.2) is 0 Å². The Kier molecular flexibility index (Phi) is 9.32. The van der Waals surface area contributed by atoms with E-state index in [0.717, 1.165) is 0 Å². The summed E-state index contributed by atoms with van der Waals surface area (Å²) in [6.07, 6.45) is 0.439. The molecule has 0 aliphatic carbocycles. The van der Waals surface area contributed by atoms with Crippen molar-refractivity contribution in [3.63, 3.8) is 0 Å². The van der Waals surface area contributed by atoms with E-state index >= 15 is 0 Å². The molecule has 0 aliphatic heterocycles. The molecule has 6 nitrogen and oxygen atoms in total. The van der Waals surface area contributed by atoms with Crippen molar-refractivity contribution < 1.29 is 32.3 Å². The topological polar surface area (TPSA) is 71.1 Å². The molecular weight excluding hydrogens is 398 g/mol. The molecule has 1 atom stereocenters. The second-order valence-corrected chi connectivity index (χ2v) is 8.10. The van der Waals surface area contributed by atoms with Gasteiger partial charge in [-0.3, -0.25) is 9.36 Å². The third-order valence-corrected chi connectivity index (χ3v) is 6.05. The van der Waals surface area contributed by atoms with Gasteiger partial charge in [0.2, 0.25) is 5.85 Å². The Morgan fingerprint density at radius 2 is 1.62 bits per heavy atom. The Balaban J connectivity index is 1.97. The number of carbonyl (C=O) groups is 1. The van der Waals surface area contributed by atoms with Crippen LogP contribution in [0.1, 0.15) is 38.1 Å². The van der Waals surface area contributed by atoms with Gasteiger partial charge >= 0.3 is 13.6 Å². The third-order valence-electron chi connectivity index (χ3n) is 3.84. The maximum absolute atomic E-state index is 13.2. The summed E-state index contributed by atoms with van der Waals surface area (Å²) in [4.78, 5) is 12.4. The predicted octanol–water partition coefficient (Wildman–Crippen LogP) is 5.49. The number of halogens is 1. The summed E-state index contributed by atoms with van der Waals surface area (Å²) in [5.41, 5.74) is 0.536. The van der Waals surface area contributed by atoms with E-state index in [-0.39, 0.29) is 32.1 Å². The number of hydrogen-bond acceptors (Lipinski definition) is 6. The minimum absolute atomic E-state index is 0.0583. The Hall–Kier alpha value is -2.21. The first-order valence-corrected chi connectivity index (χ1v) is 11.1. The molecule has 0 radical (unpaired) electrons. The SMILES string of the molecule is CCOP(=O)(OCC)C(OC(=O)CCCOc1ccc(F)cc1)c1ccccc1. The van der Waals surface area contributed by atoms with Crippen LogP contribution in [0, 0.1) is 5.82 Å². The minimum Gasteiger partial charge on any atom is -0.494 e. The molecule has 0 aromatic heterocycles. The average Bonchev–Trinajstić information content (AvgIpc) is 2.71. The molecule has 1 unspecified atom stereocenters. The minimum atomic E-state index is -3.71. The van der Waals surface area contributed by atoms with Crippen LogP contribution in [-0.2, 0) is 23.1 Å². The number of rotatable bonds is 12. The van der Waals surface area contributed by atoms with Gasteiger partial charge in [-0.2, -0.15) is 0 Å². The molecule has 0 spiro atoms. The van der Waals surface area contributed by atoms with Crippen LogP contribution >= 0.6 is 7.60 Å². The van der Waals surface area contributed by atoms with Gasteiger partial charge in [0, 0.05) is 12.0 Å². The fourth-order valence-corrected chi connectivity index (χ4v) is 4.44. The van der Waals surface area contributed by atoms with E-state index in [1.54, 1.807) is 44.2 Å². The van der Waals surface area contributed by atoms with Crippen molar-refractivity contribution in [2.24, 2.45) is 0 Å². The lowest BCUT2D eigenvalue weighted by Gasteiger charge is -2.26. The summed E-state index contributed by atoms with van der Waals surface area (Å²) >= 11 is 0. The van der Waals surface area contributed by atoms with Crippen LogP contribution in [-0.4, -0.2) is 25.8 Å². The van der Waals surface area contributed by atoms with Crippen molar-refractivity contribution in [2.75, 3.05) is 19.8 Å². The number of benzene rings is 2. The van der Waals surface area contributed by atoms with Gasteiger partial charge < -0.3 is 18.5 Å². The van der Waals surface area contributed by atoms with Crippen molar-refractivity contribution in [2.45, 2.75) is 32.5 Å². The molecule has 8 heteroatoms. The summed E-state index contributed by atoms with van der Waals surface area (Å²) < 4.78 is 47.8. The van der Waals surface area contributed by atoms with Gasteiger partial charge in [0.1, 0.15) is 11.6 Å². The lowest BCUT2D eigenvalue weighted by Crippen LogP contribution is -2.15. The number of esters is 1. The molecule has 0 fully saturated rings. The first-order valence-electron chi connectivity index (χ1n) is 9.50. The van der Waals surface area contributed by atoms with Gasteiger partial charge in [0.05, 0.1) is 19.8 Å². The lowest BCUT2D eigenvalue weighted by atomic mass is 10.2. The number of hydrogen-bond donors (Lipinski definition) is 0. The number of carbonyl (C=O) groups excluding carboxylic acids is 1. The zero-order valence-corrected chi connectivity index (χ0v) is 17.5. The van der Waals surface area contributed by atoms with Gasteiger partial charge in [-0.15, -0.1) is 0 Å². The predicted molar refractivity (Wildman–Crippen MR) is 107 cm³/mol. The molecule has 0 bridgehead atoms. The van der Waals surface area contributed by atoms with Crippen molar-refractivity contribution in [1.82, 2.24) is 0 Å². The molecule has 0 heterocycles. The summed E-state index contributed by atoms with van der Waals surface area (Å²) in [7, 11) is -3.71. The van der Waals surface area contributed by atoms with Gasteiger partial charge in [-0.1, -0.05) is 30.3 Å². The highest BCUT2D eigenvalue weighted by molar-refractivity contribution is 7.54. The summed E-state index contributed by atoms with van der Waals surface area (Å²) in [5, 5.41) is 0. The Morgan fingerprint density at radius 1 is 1.00 bits per heavy atom. The Labute approximate surface area is 170 Å². The first-order chi connectivity index (χ1) is 14.0. The van der Waals surface area contributed by atoms with Crippen molar-refractivity contribution >= 4 is 13.6 Å². The van der Waals surface area contributed by atoms with Crippen LogP contribution in [0.5, 0.6) is 5.75 Å². The van der Waals surface area contributed by atoms with Crippen molar-refractivity contribution in [1.29, 1.82) is 0 Å². The van der Waals surface area contributed by atoms with Gasteiger partial charge in [-0.25, -0.2) is 4.39 Å². The maximum Gasteiger partial charge on any atom is 0.375 e. The van der Waals surface area contributed by atoms with E-state index in [0.29, 0.717) is 17.7 Å². The molecular formula is C21H26FO6P. The average molecular weight is 424 g/mol. The highest BCUT2D eigenvalue weighted by atomic mass is 31.2. The highest BCUT2D eigenvalue weighted by Gasteiger charge is 2.40. The first kappa shape index (κ1) is 23.1. The Bertz CT molecular complexity index is 787. The monoisotopic (exact) mass is 424 g/mol. The van der Waals surface area contributed by atoms with Crippen molar-refractivity contribution in [3.05, 3.63) is 66.0 Å². The number of ether oxygens (including phenoxy) is 2. The summed E-state index contributed by atoms with van der Waals surface area (Å²) in [6, 6.07) is 14.4. The molecule has 0 N–H and O–H groups in total. The highest BCUT2D eigenvalue weighted by Crippen LogP contribution is 2.61. The van der Waals surface area contributed by atoms with E-state index < -0.39 is 19.4 Å². The fraction of sp³-hybridized carbons (Fsp3) is 0.381. The zero-order valence-electron chi connectivity index (χ0n) is 16.6. The van der Waals surface area contributed by atoms with Crippen LogP contribution in [0.2, 0.25) is 0 Å². The summed E-state index contributed by atoms with van der Waals surface area (Å²) in [5.74, 6) is -1.52. The standard InChI is InChI=1S/C21H26FO6P/c1-3-26-29(24,27-4-2)21(17-9-6-5-7-10-17)28-20(23)11-8-16-25-19-14-12-18(22)13-15-19/h5-7,9-10,12-15,21H,3-4,8,11,16H2,1-2H3. The molecule has 2 rings (SSSR count). The second-order valence-electron chi connectivity index (χ2n) is 6.03. The molecule has 158 valence electrons. The molecule has 0 amide bonds. The normalized spacial score (nSPS) is 12.4. The quantitative estimate of drug-likeness (QED) is 0.255. The molecule has 29 heavy (non-hydrogen) atoms. The van der Waals surface area contributed by atoms with Gasteiger partial charge in [0.25, 0.3) is 0 Å². The molecule has 0 aliphatic rings. The van der Waals surface area contributed by atoms with Crippen LogP contribution < -0.4 is 4.74 Å². The molecule has 2 aromatic rings. The zero-order chi connectivity index (χ0) is 21.1. The maximum atomic E-state index is 13.2. The molecule has 0 saturated heterocycles. The lowest BCUT2D eigenvalue weighted by molar-refractivity contribution is -0.147. The van der Waals surface area contributed by atoms with Crippen LogP contribution in [0.3, 0.4) is 0 Å². The second kappa shape index (κ2) is 11.7. The van der Waals surface area contributed by atoms with Crippen LogP contribution in [0.15, 0.2) is 54.6 Å². The van der Waals surface area contributed by atoms with Crippen molar-refractivity contribution in [3.8, 4) is 5.75 Å². The van der Waals surface area contributed by atoms with Crippen LogP contribution in [0.25, 0.3) is 0 Å². The van der Waals surface area contributed by atoms with E-state index in [2.05, 4.69) is 0 Å². The van der Waals surface area contributed by atoms with E-state index in [9.17, 15) is 13.8 Å². The third kappa shape index (κ3) is 7.28. The molecule has 2 aromatic carbocycles. The van der Waals surface area contributed by atoms with E-state index in [1.165, 1.54) is 24.3 Å². The Morgan fingerprint density at radius 3 is 2.21 bits per heavy atom. The van der Waals surface area contributed by atoms with Crippen LogP contribution in [0.4, 0.5) is 4.39 Å². The van der Waals surface area contributed by atoms with E-state index in [1.807, 2.05) is 0 Å². The summed E-state index contributed by atoms with van der Waals surface area (Å²) in [6.45, 7) is 3.96.